The lowest BCUT2D eigenvalue weighted by molar-refractivity contribution is -0.915. The summed E-state index contributed by atoms with van der Waals surface area (Å²) in [5.74, 6) is 2.19. The van der Waals surface area contributed by atoms with Crippen molar-refractivity contribution in [3.8, 4) is 5.75 Å². The molecule has 0 amide bonds. The van der Waals surface area contributed by atoms with Crippen LogP contribution in [0.1, 0.15) is 11.4 Å². The van der Waals surface area contributed by atoms with Crippen molar-refractivity contribution in [1.29, 1.82) is 0 Å². The Hall–Kier alpha value is -3.10. The molecule has 0 unspecified atom stereocenters. The molecule has 0 aliphatic carbocycles. The van der Waals surface area contributed by atoms with Crippen molar-refractivity contribution in [2.45, 2.75) is 13.5 Å². The average molecular weight is 441 g/mol. The summed E-state index contributed by atoms with van der Waals surface area (Å²) < 4.78 is 5.24. The fourth-order valence-electron chi connectivity index (χ4n) is 3.65. The molecule has 4 rings (SSSR count). The summed E-state index contributed by atoms with van der Waals surface area (Å²) in [7, 11) is 1.68. The number of hydrogen-bond acceptors (Lipinski definition) is 7. The van der Waals surface area contributed by atoms with Crippen molar-refractivity contribution in [3.63, 3.8) is 0 Å². The first kappa shape index (κ1) is 21.1. The third-order valence-corrected chi connectivity index (χ3v) is 5.85. The predicted octanol–water partition coefficient (Wildman–Crippen LogP) is 2.07. The molecule has 1 aliphatic heterocycles. The lowest BCUT2D eigenvalue weighted by Gasteiger charge is -2.33. The van der Waals surface area contributed by atoms with Crippen LogP contribution in [-0.4, -0.2) is 48.2 Å². The molecular weight excluding hydrogens is 414 g/mol. The number of nitrogens with one attached hydrogen (secondary N) is 2. The number of halogens is 1. The monoisotopic (exact) mass is 440 g/mol. The number of ether oxygens (including phenoxy) is 1. The minimum atomic E-state index is 0.210. The van der Waals surface area contributed by atoms with Crippen molar-refractivity contribution in [2.24, 2.45) is 0 Å². The number of nitrogens with zero attached hydrogens (tertiary/aromatic N) is 4. The van der Waals surface area contributed by atoms with Crippen LogP contribution in [0.4, 0.5) is 23.3 Å². The van der Waals surface area contributed by atoms with Crippen LogP contribution in [0.5, 0.6) is 5.75 Å². The number of quaternary nitrogens is 1. The summed E-state index contributed by atoms with van der Waals surface area (Å²) in [6, 6.07) is 13.9. The number of benzene rings is 2. The van der Waals surface area contributed by atoms with Crippen LogP contribution in [0.2, 0.25) is 5.02 Å². The molecule has 0 spiro atoms. The Kier molecular flexibility index (Phi) is 6.39. The molecule has 0 radical (unpaired) electrons. The molecule has 1 fully saturated rings. The van der Waals surface area contributed by atoms with Crippen LogP contribution in [0.3, 0.4) is 0 Å². The lowest BCUT2D eigenvalue weighted by atomic mass is 10.2. The van der Waals surface area contributed by atoms with Gasteiger partial charge in [-0.2, -0.15) is 15.0 Å². The predicted molar refractivity (Wildman–Crippen MR) is 123 cm³/mol. The molecule has 162 valence electrons. The Morgan fingerprint density at radius 3 is 2.52 bits per heavy atom. The molecular formula is C22H27ClN7O+. The second-order valence-electron chi connectivity index (χ2n) is 7.63. The van der Waals surface area contributed by atoms with Gasteiger partial charge < -0.3 is 25.6 Å². The molecule has 0 bridgehead atoms. The molecule has 8 nitrogen and oxygen atoms in total. The molecule has 0 atom stereocenters. The highest BCUT2D eigenvalue weighted by Gasteiger charge is 2.22. The van der Waals surface area contributed by atoms with E-state index in [1.165, 1.54) is 10.6 Å². The van der Waals surface area contributed by atoms with E-state index in [0.717, 1.165) is 43.2 Å². The Labute approximate surface area is 187 Å². The summed E-state index contributed by atoms with van der Waals surface area (Å²) in [6.45, 7) is 6.58. The van der Waals surface area contributed by atoms with Gasteiger partial charge in [0.15, 0.2) is 5.82 Å². The van der Waals surface area contributed by atoms with Gasteiger partial charge in [0.25, 0.3) is 0 Å². The first-order chi connectivity index (χ1) is 15.0. The number of aromatic nitrogens is 3. The van der Waals surface area contributed by atoms with Crippen LogP contribution in [0.15, 0.2) is 42.5 Å². The second kappa shape index (κ2) is 9.36. The summed E-state index contributed by atoms with van der Waals surface area (Å²) in [4.78, 5) is 16.9. The maximum Gasteiger partial charge on any atom is 0.232 e. The minimum absolute atomic E-state index is 0.210. The van der Waals surface area contributed by atoms with Gasteiger partial charge in [0.05, 0.1) is 33.3 Å². The van der Waals surface area contributed by atoms with Gasteiger partial charge in [-0.25, -0.2) is 0 Å². The van der Waals surface area contributed by atoms with Gasteiger partial charge in [0.1, 0.15) is 12.3 Å². The van der Waals surface area contributed by atoms with Crippen LogP contribution < -0.4 is 25.6 Å². The van der Waals surface area contributed by atoms with E-state index in [4.69, 9.17) is 22.1 Å². The van der Waals surface area contributed by atoms with E-state index < -0.39 is 0 Å². The fraction of sp³-hybridized carbons (Fsp3) is 0.318. The van der Waals surface area contributed by atoms with Crippen molar-refractivity contribution in [2.75, 3.05) is 49.2 Å². The van der Waals surface area contributed by atoms with E-state index in [1.807, 2.05) is 37.3 Å². The molecule has 0 saturated carbocycles. The maximum atomic E-state index is 6.21. The van der Waals surface area contributed by atoms with Crippen molar-refractivity contribution < 1.29 is 9.64 Å². The van der Waals surface area contributed by atoms with Crippen LogP contribution >= 0.6 is 11.6 Å². The quantitative estimate of drug-likeness (QED) is 0.540. The molecule has 9 heteroatoms. The molecule has 2 heterocycles. The summed E-state index contributed by atoms with van der Waals surface area (Å²) in [5.41, 5.74) is 8.98. The number of anilines is 4. The third-order valence-electron chi connectivity index (χ3n) is 5.44. The first-order valence-corrected chi connectivity index (χ1v) is 10.6. The SMILES string of the molecule is COc1ccc(N2CC[NH+](Cc3nc(N)nc(Nc4ccc(C)c(Cl)c4)n3)CC2)cc1. The summed E-state index contributed by atoms with van der Waals surface area (Å²) >= 11 is 6.21. The van der Waals surface area contributed by atoms with Gasteiger partial charge in [-0.1, -0.05) is 17.7 Å². The summed E-state index contributed by atoms with van der Waals surface area (Å²) in [5, 5.41) is 3.86. The second-order valence-corrected chi connectivity index (χ2v) is 8.04. The van der Waals surface area contributed by atoms with E-state index in [1.54, 1.807) is 7.11 Å². The molecule has 2 aromatic carbocycles. The normalized spacial score (nSPS) is 14.5. The number of piperazine rings is 1. The Morgan fingerprint density at radius 1 is 1.10 bits per heavy atom. The first-order valence-electron chi connectivity index (χ1n) is 10.3. The number of nitrogen functional groups attached to an aromatic ring is 1. The van der Waals surface area contributed by atoms with Crippen molar-refractivity contribution in [1.82, 2.24) is 15.0 Å². The third kappa shape index (κ3) is 5.34. The maximum absolute atomic E-state index is 6.21. The zero-order valence-corrected chi connectivity index (χ0v) is 18.5. The summed E-state index contributed by atoms with van der Waals surface area (Å²) in [6.07, 6.45) is 0. The van der Waals surface area contributed by atoms with Crippen LogP contribution in [0, 0.1) is 6.92 Å². The zero-order chi connectivity index (χ0) is 21.8. The van der Waals surface area contributed by atoms with Gasteiger partial charge >= 0.3 is 0 Å². The van der Waals surface area contributed by atoms with E-state index in [0.29, 0.717) is 23.3 Å². The van der Waals surface area contributed by atoms with Gasteiger partial charge in [0.2, 0.25) is 11.9 Å². The number of rotatable bonds is 6. The van der Waals surface area contributed by atoms with Crippen LogP contribution in [-0.2, 0) is 6.54 Å². The van der Waals surface area contributed by atoms with E-state index in [2.05, 4.69) is 37.3 Å². The molecule has 4 N–H and O–H groups in total. The highest BCUT2D eigenvalue weighted by molar-refractivity contribution is 6.31. The molecule has 3 aromatic rings. The van der Waals surface area contributed by atoms with Gasteiger partial charge in [-0.3, -0.25) is 0 Å². The molecule has 1 aromatic heterocycles. The lowest BCUT2D eigenvalue weighted by Crippen LogP contribution is -3.13. The molecule has 31 heavy (non-hydrogen) atoms. The Morgan fingerprint density at radius 2 is 1.84 bits per heavy atom. The molecule has 1 saturated heterocycles. The van der Waals surface area contributed by atoms with Crippen molar-refractivity contribution >= 4 is 34.9 Å². The number of hydrogen-bond donors (Lipinski definition) is 3. The minimum Gasteiger partial charge on any atom is -0.497 e. The number of aryl methyl sites for hydroxylation is 1. The average Bonchev–Trinajstić information content (AvgIpc) is 2.76. The smallest absolute Gasteiger partial charge is 0.232 e. The van der Waals surface area contributed by atoms with Gasteiger partial charge in [0, 0.05) is 16.4 Å². The van der Waals surface area contributed by atoms with Crippen molar-refractivity contribution in [3.05, 3.63) is 58.9 Å². The highest BCUT2D eigenvalue weighted by Crippen LogP contribution is 2.22. The van der Waals surface area contributed by atoms with Gasteiger partial charge in [-0.15, -0.1) is 0 Å². The van der Waals surface area contributed by atoms with Gasteiger partial charge in [-0.05, 0) is 48.9 Å². The van der Waals surface area contributed by atoms with Crippen LogP contribution in [0.25, 0.3) is 0 Å². The standard InChI is InChI=1S/C22H26ClN7O/c1-15-3-4-16(13-19(15)23)25-22-27-20(26-21(24)28-22)14-29-9-11-30(12-10-29)17-5-7-18(31-2)8-6-17/h3-8,13H,9-12,14H2,1-2H3,(H3,24,25,26,27,28)/p+1. The van der Waals surface area contributed by atoms with E-state index >= 15 is 0 Å². The zero-order valence-electron chi connectivity index (χ0n) is 17.7. The number of methoxy groups -OCH3 is 1. The van der Waals surface area contributed by atoms with E-state index in [-0.39, 0.29) is 5.95 Å². The number of nitrogens with two attached hydrogens (primary N) is 1. The van der Waals surface area contributed by atoms with E-state index in [9.17, 15) is 0 Å². The topological polar surface area (TPSA) is 93.6 Å². The largest absolute Gasteiger partial charge is 0.497 e. The Balaban J connectivity index is 1.37. The highest BCUT2D eigenvalue weighted by atomic mass is 35.5. The fourth-order valence-corrected chi connectivity index (χ4v) is 3.83. The Bertz CT molecular complexity index is 1040. The molecule has 1 aliphatic rings.